The van der Waals surface area contributed by atoms with E-state index in [4.69, 9.17) is 4.74 Å². The molecule has 3 unspecified atom stereocenters. The molecule has 2 aromatic rings. The van der Waals surface area contributed by atoms with Crippen LogP contribution in [0, 0.1) is 9.49 Å². The van der Waals surface area contributed by atoms with Gasteiger partial charge in [0.2, 0.25) is 5.91 Å². The molecule has 1 aliphatic rings. The highest BCUT2D eigenvalue weighted by molar-refractivity contribution is 14.1. The van der Waals surface area contributed by atoms with Gasteiger partial charge >= 0.3 is 0 Å². The molecule has 3 atom stereocenters. The molecule has 4 N–H and O–H groups in total. The Morgan fingerprint density at radius 3 is 2.93 bits per heavy atom. The molecule has 10 heteroatoms. The van der Waals surface area contributed by atoms with E-state index < -0.39 is 0 Å². The zero-order chi connectivity index (χ0) is 21.7. The molecule has 0 aliphatic heterocycles. The van der Waals surface area contributed by atoms with Gasteiger partial charge in [-0.25, -0.2) is 0 Å². The first-order valence-electron chi connectivity index (χ1n) is 9.84. The summed E-state index contributed by atoms with van der Waals surface area (Å²) in [5.41, 5.74) is 2.14. The van der Waals surface area contributed by atoms with Gasteiger partial charge < -0.3 is 20.5 Å². The summed E-state index contributed by atoms with van der Waals surface area (Å²) >= 11 is 2.00. The van der Waals surface area contributed by atoms with Crippen molar-refractivity contribution in [1.82, 2.24) is 26.0 Å². The van der Waals surface area contributed by atoms with Crippen molar-refractivity contribution >= 4 is 34.4 Å². The minimum absolute atomic E-state index is 0.0564. The molecule has 9 nitrogen and oxygen atoms in total. The van der Waals surface area contributed by atoms with Gasteiger partial charge in [0, 0.05) is 50.1 Å². The summed E-state index contributed by atoms with van der Waals surface area (Å²) in [6.45, 7) is 2.78. The molecule has 0 fully saturated rings. The molecule has 1 aliphatic carbocycles. The van der Waals surface area contributed by atoms with Crippen molar-refractivity contribution in [3.05, 3.63) is 38.7 Å². The number of hydrogen-bond donors (Lipinski definition) is 4. The Labute approximate surface area is 188 Å². The van der Waals surface area contributed by atoms with Crippen molar-refractivity contribution in [2.45, 2.75) is 38.1 Å². The third-order valence-corrected chi connectivity index (χ3v) is 6.22. The Hall–Kier alpha value is -2.21. The first kappa shape index (κ1) is 22.5. The number of aromatic amines is 1. The van der Waals surface area contributed by atoms with Gasteiger partial charge in [0.15, 0.2) is 0 Å². The standard InChI is InChI=1S/C20H26IN5O4/c1-11-7-13(8-16-18(11)25-26-24-16)19(28)22-10-14(5-6-30-2)23-20(29)12-3-4-15(21)17(27)9-12/h3-4,9,11,13-14,27H,5-8,10H2,1-2H3,(H,22,28)(H,23,29)(H,24,25,26). The summed E-state index contributed by atoms with van der Waals surface area (Å²) in [7, 11) is 1.59. The van der Waals surface area contributed by atoms with Crippen LogP contribution in [0.3, 0.4) is 0 Å². The molecule has 0 bridgehead atoms. The number of hydrogen-bond acceptors (Lipinski definition) is 6. The molecule has 0 spiro atoms. The topological polar surface area (TPSA) is 129 Å². The number of ether oxygens (including phenoxy) is 1. The van der Waals surface area contributed by atoms with Crippen molar-refractivity contribution in [3.63, 3.8) is 0 Å². The zero-order valence-corrected chi connectivity index (χ0v) is 19.1. The summed E-state index contributed by atoms with van der Waals surface area (Å²) < 4.78 is 5.81. The second-order valence-corrected chi connectivity index (χ2v) is 8.72. The van der Waals surface area contributed by atoms with Crippen LogP contribution in [0.25, 0.3) is 0 Å². The monoisotopic (exact) mass is 527 g/mol. The number of carbonyl (C=O) groups excluding carboxylic acids is 2. The number of amides is 2. The lowest BCUT2D eigenvalue weighted by molar-refractivity contribution is -0.125. The number of benzene rings is 1. The predicted molar refractivity (Wildman–Crippen MR) is 118 cm³/mol. The second kappa shape index (κ2) is 10.2. The van der Waals surface area contributed by atoms with Crippen molar-refractivity contribution in [1.29, 1.82) is 0 Å². The van der Waals surface area contributed by atoms with E-state index in [9.17, 15) is 14.7 Å². The van der Waals surface area contributed by atoms with E-state index in [1.54, 1.807) is 19.2 Å². The lowest BCUT2D eigenvalue weighted by Gasteiger charge is -2.26. The Morgan fingerprint density at radius 1 is 1.40 bits per heavy atom. The maximum Gasteiger partial charge on any atom is 0.251 e. The molecule has 30 heavy (non-hydrogen) atoms. The fraction of sp³-hybridized carbons (Fsp3) is 0.500. The highest BCUT2D eigenvalue weighted by atomic mass is 127. The average Bonchev–Trinajstić information content (AvgIpc) is 3.21. The highest BCUT2D eigenvalue weighted by Gasteiger charge is 2.32. The summed E-state index contributed by atoms with van der Waals surface area (Å²) in [6.07, 6.45) is 1.81. The van der Waals surface area contributed by atoms with E-state index in [-0.39, 0.29) is 35.4 Å². The average molecular weight is 527 g/mol. The van der Waals surface area contributed by atoms with Crippen LogP contribution in [0.4, 0.5) is 0 Å². The predicted octanol–water partition coefficient (Wildman–Crippen LogP) is 1.73. The molecule has 162 valence electrons. The molecular formula is C20H26IN5O4. The molecule has 3 rings (SSSR count). The third-order valence-electron chi connectivity index (χ3n) is 5.30. The summed E-state index contributed by atoms with van der Waals surface area (Å²) in [6, 6.07) is 4.47. The Kier molecular flexibility index (Phi) is 7.64. The number of rotatable bonds is 8. The lowest BCUT2D eigenvalue weighted by Crippen LogP contribution is -2.46. The molecule has 1 heterocycles. The number of methoxy groups -OCH3 is 1. The molecule has 0 saturated carbocycles. The first-order valence-corrected chi connectivity index (χ1v) is 10.9. The largest absolute Gasteiger partial charge is 0.507 e. The summed E-state index contributed by atoms with van der Waals surface area (Å²) in [4.78, 5) is 25.3. The van der Waals surface area contributed by atoms with Gasteiger partial charge in [0.1, 0.15) is 5.75 Å². The van der Waals surface area contributed by atoms with Crippen molar-refractivity contribution in [2.75, 3.05) is 20.3 Å². The van der Waals surface area contributed by atoms with Gasteiger partial charge in [0.05, 0.1) is 15.0 Å². The number of phenolic OH excluding ortho intramolecular Hbond substituents is 1. The van der Waals surface area contributed by atoms with Gasteiger partial charge in [-0.05, 0) is 53.6 Å². The molecular weight excluding hydrogens is 501 g/mol. The van der Waals surface area contributed by atoms with Crippen LogP contribution in [0.2, 0.25) is 0 Å². The maximum atomic E-state index is 12.7. The number of fused-ring (bicyclic) bond motifs is 1. The van der Waals surface area contributed by atoms with Crippen LogP contribution in [0.1, 0.15) is 47.4 Å². The smallest absolute Gasteiger partial charge is 0.251 e. The van der Waals surface area contributed by atoms with Crippen LogP contribution < -0.4 is 10.6 Å². The summed E-state index contributed by atoms with van der Waals surface area (Å²) in [5, 5.41) is 26.7. The van der Waals surface area contributed by atoms with Crippen LogP contribution in [0.5, 0.6) is 5.75 Å². The van der Waals surface area contributed by atoms with Gasteiger partial charge in [0.25, 0.3) is 5.91 Å². The van der Waals surface area contributed by atoms with Crippen molar-refractivity contribution < 1.29 is 19.4 Å². The van der Waals surface area contributed by atoms with Crippen LogP contribution in [-0.2, 0) is 16.0 Å². The number of phenols is 1. The van der Waals surface area contributed by atoms with Gasteiger partial charge in [-0.3, -0.25) is 9.59 Å². The third kappa shape index (κ3) is 5.48. The fourth-order valence-corrected chi connectivity index (χ4v) is 3.97. The van der Waals surface area contributed by atoms with Crippen molar-refractivity contribution in [2.24, 2.45) is 5.92 Å². The van der Waals surface area contributed by atoms with Gasteiger partial charge in [-0.15, -0.1) is 0 Å². The zero-order valence-electron chi connectivity index (χ0n) is 16.9. The Balaban J connectivity index is 1.58. The number of nitrogens with one attached hydrogen (secondary N) is 3. The minimum atomic E-state index is -0.310. The van der Waals surface area contributed by atoms with Gasteiger partial charge in [-0.1, -0.05) is 6.92 Å². The van der Waals surface area contributed by atoms with E-state index >= 15 is 0 Å². The SMILES string of the molecule is COCCC(CNC(=O)C1Cc2n[nH]nc2C(C)C1)NC(=O)c1ccc(I)c(O)c1. The van der Waals surface area contributed by atoms with E-state index in [1.807, 2.05) is 29.5 Å². The molecule has 0 saturated heterocycles. The first-order chi connectivity index (χ1) is 14.4. The summed E-state index contributed by atoms with van der Waals surface area (Å²) in [5.74, 6) is -0.316. The molecule has 0 radical (unpaired) electrons. The number of nitrogens with zero attached hydrogens (tertiary/aromatic N) is 2. The number of carbonyl (C=O) groups is 2. The quantitative estimate of drug-likeness (QED) is 0.387. The highest BCUT2D eigenvalue weighted by Crippen LogP contribution is 2.31. The maximum absolute atomic E-state index is 12.7. The normalized spacial score (nSPS) is 19.0. The molecule has 1 aromatic carbocycles. The van der Waals surface area contributed by atoms with Gasteiger partial charge in [-0.2, -0.15) is 15.4 Å². The van der Waals surface area contributed by atoms with Crippen LogP contribution in [-0.4, -0.2) is 58.6 Å². The van der Waals surface area contributed by atoms with Crippen LogP contribution >= 0.6 is 22.6 Å². The fourth-order valence-electron chi connectivity index (χ4n) is 3.64. The van der Waals surface area contributed by atoms with E-state index in [2.05, 4.69) is 26.0 Å². The minimum Gasteiger partial charge on any atom is -0.507 e. The van der Waals surface area contributed by atoms with Crippen LogP contribution in [0.15, 0.2) is 18.2 Å². The number of aromatic hydroxyl groups is 1. The lowest BCUT2D eigenvalue weighted by atomic mass is 9.82. The van der Waals surface area contributed by atoms with Crippen molar-refractivity contribution in [3.8, 4) is 5.75 Å². The number of H-pyrrole nitrogens is 1. The Morgan fingerprint density at radius 2 is 2.20 bits per heavy atom. The second-order valence-electron chi connectivity index (χ2n) is 7.56. The number of aromatic nitrogens is 3. The number of halogens is 1. The molecule has 2 amide bonds. The van der Waals surface area contributed by atoms with E-state index in [1.165, 1.54) is 6.07 Å². The Bertz CT molecular complexity index is 903. The van der Waals surface area contributed by atoms with E-state index in [0.29, 0.717) is 41.5 Å². The van der Waals surface area contributed by atoms with E-state index in [0.717, 1.165) is 11.4 Å². The molecule has 1 aromatic heterocycles.